The molecule has 1 N–H and O–H groups in total. The van der Waals surface area contributed by atoms with Crippen molar-refractivity contribution in [2.75, 3.05) is 11.9 Å². The number of benzene rings is 1. The summed E-state index contributed by atoms with van der Waals surface area (Å²) in [7, 11) is 0. The van der Waals surface area contributed by atoms with Crippen LogP contribution in [0.2, 0.25) is 5.02 Å². The molecule has 0 aliphatic rings. The molecule has 0 saturated carbocycles. The maximum atomic E-state index is 12.7. The van der Waals surface area contributed by atoms with Crippen molar-refractivity contribution in [2.24, 2.45) is 0 Å². The number of hydrogen-bond donors (Lipinski definition) is 1. The smallest absolute Gasteiger partial charge is 0.320 e. The van der Waals surface area contributed by atoms with Gasteiger partial charge < -0.3 is 10.2 Å². The standard InChI is InChI=1S/C19H18ClN3OS/c20-16-5-1-6-17(12-16)22-19(24)23(10-8-18-7-3-11-25-18)14-15-4-2-9-21-13-15/h1-7,9,11-13H,8,10,14H2,(H,22,24). The predicted molar refractivity (Wildman–Crippen MR) is 103 cm³/mol. The van der Waals surface area contributed by atoms with Crippen LogP contribution in [0.5, 0.6) is 0 Å². The second-order valence-electron chi connectivity index (χ2n) is 5.55. The summed E-state index contributed by atoms with van der Waals surface area (Å²) in [5.41, 5.74) is 1.68. The lowest BCUT2D eigenvalue weighted by Crippen LogP contribution is -2.36. The SMILES string of the molecule is O=C(Nc1cccc(Cl)c1)N(CCc1cccs1)Cc1cccnc1. The molecule has 4 nitrogen and oxygen atoms in total. The van der Waals surface area contributed by atoms with Crippen LogP contribution < -0.4 is 5.32 Å². The molecule has 0 aliphatic carbocycles. The van der Waals surface area contributed by atoms with Gasteiger partial charge in [0.1, 0.15) is 0 Å². The van der Waals surface area contributed by atoms with Gasteiger partial charge in [-0.05, 0) is 47.7 Å². The van der Waals surface area contributed by atoms with Gasteiger partial charge in [-0.25, -0.2) is 4.79 Å². The number of urea groups is 1. The molecule has 0 radical (unpaired) electrons. The molecular formula is C19H18ClN3OS. The van der Waals surface area contributed by atoms with Crippen molar-refractivity contribution in [3.63, 3.8) is 0 Å². The van der Waals surface area contributed by atoms with Crippen molar-refractivity contribution in [3.8, 4) is 0 Å². The average molecular weight is 372 g/mol. The van der Waals surface area contributed by atoms with Gasteiger partial charge >= 0.3 is 6.03 Å². The Balaban J connectivity index is 1.70. The number of carbonyl (C=O) groups excluding carboxylic acids is 1. The summed E-state index contributed by atoms with van der Waals surface area (Å²) < 4.78 is 0. The van der Waals surface area contributed by atoms with Crippen molar-refractivity contribution in [2.45, 2.75) is 13.0 Å². The van der Waals surface area contributed by atoms with E-state index < -0.39 is 0 Å². The molecule has 6 heteroatoms. The van der Waals surface area contributed by atoms with E-state index >= 15 is 0 Å². The number of nitrogens with one attached hydrogen (secondary N) is 1. The number of pyridine rings is 1. The van der Waals surface area contributed by atoms with E-state index in [2.05, 4.69) is 16.4 Å². The van der Waals surface area contributed by atoms with Crippen LogP contribution in [0.4, 0.5) is 10.5 Å². The Labute approximate surface area is 156 Å². The maximum absolute atomic E-state index is 12.7. The summed E-state index contributed by atoms with van der Waals surface area (Å²) in [5.74, 6) is 0. The summed E-state index contributed by atoms with van der Waals surface area (Å²) in [6.07, 6.45) is 4.33. The van der Waals surface area contributed by atoms with E-state index in [4.69, 9.17) is 11.6 Å². The molecule has 0 fully saturated rings. The van der Waals surface area contributed by atoms with Gasteiger partial charge in [0.15, 0.2) is 0 Å². The van der Waals surface area contributed by atoms with Crippen molar-refractivity contribution >= 4 is 34.7 Å². The molecule has 1 aromatic carbocycles. The van der Waals surface area contributed by atoms with Crippen LogP contribution >= 0.6 is 22.9 Å². The van der Waals surface area contributed by atoms with Gasteiger partial charge in [0.05, 0.1) is 0 Å². The Morgan fingerprint density at radius 2 is 2.12 bits per heavy atom. The molecule has 0 spiro atoms. The molecule has 2 amide bonds. The molecule has 3 aromatic rings. The number of rotatable bonds is 6. The number of aromatic nitrogens is 1. The van der Waals surface area contributed by atoms with Crippen molar-refractivity contribution in [1.29, 1.82) is 0 Å². The Morgan fingerprint density at radius 3 is 2.84 bits per heavy atom. The van der Waals surface area contributed by atoms with Crippen LogP contribution in [0.1, 0.15) is 10.4 Å². The zero-order chi connectivity index (χ0) is 17.5. The third-order valence-electron chi connectivity index (χ3n) is 3.67. The highest BCUT2D eigenvalue weighted by Crippen LogP contribution is 2.17. The van der Waals surface area contributed by atoms with Gasteiger partial charge in [-0.3, -0.25) is 4.98 Å². The number of nitrogens with zero attached hydrogens (tertiary/aromatic N) is 2. The van der Waals surface area contributed by atoms with E-state index in [9.17, 15) is 4.79 Å². The summed E-state index contributed by atoms with van der Waals surface area (Å²) in [4.78, 5) is 19.9. The Morgan fingerprint density at radius 1 is 1.20 bits per heavy atom. The molecule has 0 aliphatic heterocycles. The highest BCUT2D eigenvalue weighted by molar-refractivity contribution is 7.09. The molecule has 0 atom stereocenters. The molecule has 0 bridgehead atoms. The molecule has 2 aromatic heterocycles. The third kappa shape index (κ3) is 5.31. The van der Waals surface area contributed by atoms with Gasteiger partial charge in [-0.1, -0.05) is 29.8 Å². The zero-order valence-corrected chi connectivity index (χ0v) is 15.1. The van der Waals surface area contributed by atoms with E-state index in [0.29, 0.717) is 23.8 Å². The van der Waals surface area contributed by atoms with Crippen molar-refractivity contribution < 1.29 is 4.79 Å². The second-order valence-corrected chi connectivity index (χ2v) is 7.02. The first-order valence-electron chi connectivity index (χ1n) is 7.93. The van der Waals surface area contributed by atoms with Crippen LogP contribution in [-0.4, -0.2) is 22.5 Å². The fourth-order valence-electron chi connectivity index (χ4n) is 2.43. The van der Waals surface area contributed by atoms with E-state index in [1.807, 2.05) is 35.7 Å². The van der Waals surface area contributed by atoms with Gasteiger partial charge in [0.2, 0.25) is 0 Å². The largest absolute Gasteiger partial charge is 0.322 e. The van der Waals surface area contributed by atoms with Crippen LogP contribution in [-0.2, 0) is 13.0 Å². The first-order chi connectivity index (χ1) is 12.2. The normalized spacial score (nSPS) is 10.4. The Bertz CT molecular complexity index is 809. The van der Waals surface area contributed by atoms with Gasteiger partial charge in [-0.2, -0.15) is 0 Å². The number of anilines is 1. The van der Waals surface area contributed by atoms with E-state index in [1.54, 1.807) is 40.8 Å². The number of carbonyl (C=O) groups is 1. The molecule has 3 rings (SSSR count). The lowest BCUT2D eigenvalue weighted by Gasteiger charge is -2.23. The second kappa shape index (κ2) is 8.65. The molecular weight excluding hydrogens is 354 g/mol. The van der Waals surface area contributed by atoms with Crippen molar-refractivity contribution in [3.05, 3.63) is 81.8 Å². The molecule has 25 heavy (non-hydrogen) atoms. The summed E-state index contributed by atoms with van der Waals surface area (Å²) in [6.45, 7) is 1.13. The highest BCUT2D eigenvalue weighted by Gasteiger charge is 2.15. The van der Waals surface area contributed by atoms with Gasteiger partial charge in [-0.15, -0.1) is 11.3 Å². The number of halogens is 1. The highest BCUT2D eigenvalue weighted by atomic mass is 35.5. The first-order valence-corrected chi connectivity index (χ1v) is 9.19. The van der Waals surface area contributed by atoms with Crippen LogP contribution in [0, 0.1) is 0 Å². The van der Waals surface area contributed by atoms with E-state index in [0.717, 1.165) is 12.0 Å². The zero-order valence-electron chi connectivity index (χ0n) is 13.6. The van der Waals surface area contributed by atoms with E-state index in [-0.39, 0.29) is 6.03 Å². The van der Waals surface area contributed by atoms with Gasteiger partial charge in [0, 0.05) is 41.1 Å². The molecule has 2 heterocycles. The topological polar surface area (TPSA) is 45.2 Å². The lowest BCUT2D eigenvalue weighted by atomic mass is 10.2. The minimum absolute atomic E-state index is 0.150. The molecule has 0 saturated heterocycles. The third-order valence-corrected chi connectivity index (χ3v) is 4.84. The number of amides is 2. The van der Waals surface area contributed by atoms with Gasteiger partial charge in [0.25, 0.3) is 0 Å². The number of hydrogen-bond acceptors (Lipinski definition) is 3. The summed E-state index contributed by atoms with van der Waals surface area (Å²) in [6, 6.07) is 15.0. The fourth-order valence-corrected chi connectivity index (χ4v) is 3.32. The van der Waals surface area contributed by atoms with Crippen LogP contribution in [0.25, 0.3) is 0 Å². The predicted octanol–water partition coefficient (Wildman–Crippen LogP) is 5.07. The average Bonchev–Trinajstić information content (AvgIpc) is 3.13. The lowest BCUT2D eigenvalue weighted by molar-refractivity contribution is 0.210. The first kappa shape index (κ1) is 17.5. The quantitative estimate of drug-likeness (QED) is 0.657. The van der Waals surface area contributed by atoms with E-state index in [1.165, 1.54) is 4.88 Å². The maximum Gasteiger partial charge on any atom is 0.322 e. The summed E-state index contributed by atoms with van der Waals surface area (Å²) in [5, 5.41) is 5.56. The molecule has 0 unspecified atom stereocenters. The fraction of sp³-hybridized carbons (Fsp3) is 0.158. The Hall–Kier alpha value is -2.37. The summed E-state index contributed by atoms with van der Waals surface area (Å²) >= 11 is 7.70. The monoisotopic (exact) mass is 371 g/mol. The van der Waals surface area contributed by atoms with Crippen LogP contribution in [0.15, 0.2) is 66.3 Å². The number of thiophene rings is 1. The molecule has 128 valence electrons. The Kier molecular flexibility index (Phi) is 6.04. The minimum Gasteiger partial charge on any atom is -0.320 e. The van der Waals surface area contributed by atoms with Crippen molar-refractivity contribution in [1.82, 2.24) is 9.88 Å². The van der Waals surface area contributed by atoms with Crippen LogP contribution in [0.3, 0.4) is 0 Å². The minimum atomic E-state index is -0.150.